The Bertz CT molecular complexity index is 1080. The highest BCUT2D eigenvalue weighted by Crippen LogP contribution is 2.38. The topological polar surface area (TPSA) is 55.7 Å². The highest BCUT2D eigenvalue weighted by Gasteiger charge is 2.14. The molecule has 3 aromatic carbocycles. The van der Waals surface area contributed by atoms with Crippen LogP contribution in [-0.2, 0) is 0 Å². The molecule has 6 heteroatoms. The number of hydrazone groups is 1. The van der Waals surface area contributed by atoms with Crippen LogP contribution in [0.3, 0.4) is 0 Å². The molecule has 0 bridgehead atoms. The number of methoxy groups -OCH3 is 2. The fraction of sp³-hybridized carbons (Fsp3) is 0.0833. The molecule has 0 aliphatic heterocycles. The number of nitrogens with one attached hydrogen (secondary N) is 1. The van der Waals surface area contributed by atoms with Crippen molar-refractivity contribution >= 4 is 22.7 Å². The molecule has 0 saturated heterocycles. The van der Waals surface area contributed by atoms with Crippen molar-refractivity contribution in [3.63, 3.8) is 0 Å². The first-order chi connectivity index (χ1) is 14.8. The van der Waals surface area contributed by atoms with Crippen LogP contribution in [0.4, 0.5) is 5.13 Å². The van der Waals surface area contributed by atoms with Gasteiger partial charge in [0.2, 0.25) is 5.13 Å². The molecule has 4 rings (SSSR count). The Morgan fingerprint density at radius 3 is 2.23 bits per heavy atom. The lowest BCUT2D eigenvalue weighted by Crippen LogP contribution is -1.95. The monoisotopic (exact) mass is 415 g/mol. The van der Waals surface area contributed by atoms with E-state index in [2.05, 4.69) is 34.8 Å². The quantitative estimate of drug-likeness (QED) is 0.300. The summed E-state index contributed by atoms with van der Waals surface area (Å²) >= 11 is 1.57. The molecule has 4 aromatic rings. The number of aromatic nitrogens is 1. The Labute approximate surface area is 179 Å². The van der Waals surface area contributed by atoms with Gasteiger partial charge in [0.15, 0.2) is 0 Å². The predicted octanol–water partition coefficient (Wildman–Crippen LogP) is 5.94. The fourth-order valence-corrected chi connectivity index (χ4v) is 3.98. The normalized spacial score (nSPS) is 10.9. The van der Waals surface area contributed by atoms with E-state index in [9.17, 15) is 0 Å². The Balaban J connectivity index is 1.64. The van der Waals surface area contributed by atoms with E-state index in [0.29, 0.717) is 5.13 Å². The first kappa shape index (κ1) is 19.7. The maximum atomic E-state index is 5.40. The van der Waals surface area contributed by atoms with E-state index in [4.69, 9.17) is 14.5 Å². The zero-order valence-electron chi connectivity index (χ0n) is 16.7. The van der Waals surface area contributed by atoms with Gasteiger partial charge in [-0.05, 0) is 23.8 Å². The number of benzene rings is 3. The molecule has 0 aliphatic carbocycles. The zero-order chi connectivity index (χ0) is 20.8. The second-order valence-electron chi connectivity index (χ2n) is 6.41. The van der Waals surface area contributed by atoms with Crippen molar-refractivity contribution in [1.82, 2.24) is 4.98 Å². The summed E-state index contributed by atoms with van der Waals surface area (Å²) in [5.41, 5.74) is 7.00. The van der Waals surface area contributed by atoms with Gasteiger partial charge in [-0.3, -0.25) is 5.43 Å². The van der Waals surface area contributed by atoms with Crippen LogP contribution in [0.1, 0.15) is 5.56 Å². The van der Waals surface area contributed by atoms with Gasteiger partial charge in [0.1, 0.15) is 11.5 Å². The Morgan fingerprint density at radius 1 is 0.867 bits per heavy atom. The Kier molecular flexibility index (Phi) is 6.06. The Hall–Kier alpha value is -3.64. The predicted molar refractivity (Wildman–Crippen MR) is 124 cm³/mol. The minimum atomic E-state index is 0.714. The van der Waals surface area contributed by atoms with Crippen molar-refractivity contribution < 1.29 is 9.47 Å². The van der Waals surface area contributed by atoms with Crippen LogP contribution >= 0.6 is 11.3 Å². The van der Waals surface area contributed by atoms with Gasteiger partial charge in [0.25, 0.3) is 0 Å². The van der Waals surface area contributed by atoms with Crippen molar-refractivity contribution in [2.24, 2.45) is 5.10 Å². The SMILES string of the molecule is COc1ccc(OC)c(/C=N\Nc2nc(-c3ccccc3)c(-c3ccccc3)s2)c1. The summed E-state index contributed by atoms with van der Waals surface area (Å²) in [4.78, 5) is 5.90. The van der Waals surface area contributed by atoms with Crippen LogP contribution < -0.4 is 14.9 Å². The smallest absolute Gasteiger partial charge is 0.204 e. The van der Waals surface area contributed by atoms with Crippen molar-refractivity contribution in [1.29, 1.82) is 0 Å². The van der Waals surface area contributed by atoms with Crippen LogP contribution in [-0.4, -0.2) is 25.4 Å². The lowest BCUT2D eigenvalue weighted by Gasteiger charge is -2.06. The first-order valence-electron chi connectivity index (χ1n) is 9.41. The van der Waals surface area contributed by atoms with Gasteiger partial charge in [-0.15, -0.1) is 0 Å². The lowest BCUT2D eigenvalue weighted by molar-refractivity contribution is 0.402. The molecule has 5 nitrogen and oxygen atoms in total. The molecule has 0 atom stereocenters. The third-order valence-electron chi connectivity index (χ3n) is 4.51. The van der Waals surface area contributed by atoms with Crippen molar-refractivity contribution in [3.8, 4) is 33.2 Å². The van der Waals surface area contributed by atoms with Crippen LogP contribution in [0.2, 0.25) is 0 Å². The molecular weight excluding hydrogens is 394 g/mol. The first-order valence-corrected chi connectivity index (χ1v) is 10.2. The van der Waals surface area contributed by atoms with Gasteiger partial charge in [0.05, 0.1) is 31.0 Å². The molecule has 0 spiro atoms. The van der Waals surface area contributed by atoms with Gasteiger partial charge in [-0.25, -0.2) is 4.98 Å². The molecule has 1 N–H and O–H groups in total. The molecule has 1 heterocycles. The molecule has 0 unspecified atom stereocenters. The van der Waals surface area contributed by atoms with Crippen molar-refractivity contribution in [2.45, 2.75) is 0 Å². The standard InChI is InChI=1S/C24H21N3O2S/c1-28-20-13-14-21(29-2)19(15-20)16-25-27-24-26-22(17-9-5-3-6-10-17)23(30-24)18-11-7-4-8-12-18/h3-16H,1-2H3,(H,26,27)/b25-16-. The van der Waals surface area contributed by atoms with Gasteiger partial charge < -0.3 is 9.47 Å². The van der Waals surface area contributed by atoms with E-state index in [-0.39, 0.29) is 0 Å². The average molecular weight is 416 g/mol. The summed E-state index contributed by atoms with van der Waals surface area (Å²) in [6.45, 7) is 0. The number of nitrogens with zero attached hydrogens (tertiary/aromatic N) is 2. The highest BCUT2D eigenvalue weighted by molar-refractivity contribution is 7.19. The number of ether oxygens (including phenoxy) is 2. The second-order valence-corrected chi connectivity index (χ2v) is 7.41. The Morgan fingerprint density at radius 2 is 1.57 bits per heavy atom. The summed E-state index contributed by atoms with van der Waals surface area (Å²) in [5, 5.41) is 5.09. The van der Waals surface area contributed by atoms with Crippen LogP contribution in [0.15, 0.2) is 84.0 Å². The minimum absolute atomic E-state index is 0.714. The van der Waals surface area contributed by atoms with Gasteiger partial charge in [-0.2, -0.15) is 5.10 Å². The van der Waals surface area contributed by atoms with E-state index >= 15 is 0 Å². The van der Waals surface area contributed by atoms with Crippen LogP contribution in [0, 0.1) is 0 Å². The molecule has 0 amide bonds. The number of hydrogen-bond acceptors (Lipinski definition) is 6. The van der Waals surface area contributed by atoms with E-state index in [1.54, 1.807) is 31.8 Å². The molecule has 1 aromatic heterocycles. The largest absolute Gasteiger partial charge is 0.497 e. The molecular formula is C24H21N3O2S. The lowest BCUT2D eigenvalue weighted by atomic mass is 10.1. The van der Waals surface area contributed by atoms with E-state index in [1.807, 2.05) is 54.6 Å². The number of anilines is 1. The summed E-state index contributed by atoms with van der Waals surface area (Å²) < 4.78 is 10.7. The summed E-state index contributed by atoms with van der Waals surface area (Å²) in [6.07, 6.45) is 1.70. The van der Waals surface area contributed by atoms with Crippen molar-refractivity contribution in [2.75, 3.05) is 19.6 Å². The molecule has 150 valence electrons. The van der Waals surface area contributed by atoms with E-state index < -0.39 is 0 Å². The highest BCUT2D eigenvalue weighted by atomic mass is 32.1. The molecule has 0 fully saturated rings. The number of hydrogen-bond donors (Lipinski definition) is 1. The molecule has 0 aliphatic rings. The molecule has 30 heavy (non-hydrogen) atoms. The van der Waals surface area contributed by atoms with Crippen LogP contribution in [0.5, 0.6) is 11.5 Å². The summed E-state index contributed by atoms with van der Waals surface area (Å²) in [6, 6.07) is 26.0. The molecule has 0 saturated carbocycles. The average Bonchev–Trinajstić information content (AvgIpc) is 3.24. The zero-order valence-corrected chi connectivity index (χ0v) is 17.5. The maximum Gasteiger partial charge on any atom is 0.204 e. The third kappa shape index (κ3) is 4.34. The second kappa shape index (κ2) is 9.24. The van der Waals surface area contributed by atoms with Gasteiger partial charge in [-0.1, -0.05) is 72.0 Å². The number of thiazole rings is 1. The maximum absolute atomic E-state index is 5.40. The van der Waals surface area contributed by atoms with Gasteiger partial charge >= 0.3 is 0 Å². The summed E-state index contributed by atoms with van der Waals surface area (Å²) in [7, 11) is 3.26. The molecule has 0 radical (unpaired) electrons. The van der Waals surface area contributed by atoms with E-state index in [0.717, 1.165) is 38.8 Å². The van der Waals surface area contributed by atoms with Gasteiger partial charge in [0, 0.05) is 11.1 Å². The van der Waals surface area contributed by atoms with Crippen molar-refractivity contribution in [3.05, 3.63) is 84.4 Å². The summed E-state index contributed by atoms with van der Waals surface area (Å²) in [5.74, 6) is 1.46. The fourth-order valence-electron chi connectivity index (χ4n) is 3.04. The van der Waals surface area contributed by atoms with Crippen LogP contribution in [0.25, 0.3) is 21.7 Å². The third-order valence-corrected chi connectivity index (χ3v) is 5.52. The van der Waals surface area contributed by atoms with E-state index in [1.165, 1.54) is 0 Å². The number of rotatable bonds is 7. The minimum Gasteiger partial charge on any atom is -0.497 e.